The maximum atomic E-state index is 12.8. The maximum Gasteiger partial charge on any atom is 0.126 e. The third kappa shape index (κ3) is 40.3. The van der Waals surface area contributed by atoms with Crippen LogP contribution in [0.1, 0.15) is 283 Å². The zero-order valence-electron chi connectivity index (χ0n) is 66.9. The molecule has 0 saturated heterocycles. The molecule has 2 nitrogen and oxygen atoms in total. The van der Waals surface area contributed by atoms with Gasteiger partial charge in [-0.25, -0.2) is 13.2 Å². The molecule has 0 amide bonds. The zero-order valence-corrected chi connectivity index (χ0v) is 66.9. The number of hydrogen-bond acceptors (Lipinski definition) is 2. The van der Waals surface area contributed by atoms with Crippen LogP contribution in [0.5, 0.6) is 11.5 Å². The Kier molecular flexibility index (Phi) is 48.2. The van der Waals surface area contributed by atoms with Gasteiger partial charge in [-0.05, 0) is 197 Å². The summed E-state index contributed by atoms with van der Waals surface area (Å²) < 4.78 is 48.0. The average Bonchev–Trinajstić information content (AvgIpc) is 0.889. The van der Waals surface area contributed by atoms with Gasteiger partial charge in [0.15, 0.2) is 0 Å². The second kappa shape index (κ2) is 52.5. The molecule has 0 aromatic heterocycles. The van der Waals surface area contributed by atoms with Crippen LogP contribution in [0.2, 0.25) is 0 Å². The van der Waals surface area contributed by atoms with E-state index in [9.17, 15) is 13.2 Å². The number of methoxy groups -OCH3 is 2. The van der Waals surface area contributed by atoms with Crippen LogP contribution in [0.3, 0.4) is 0 Å². The third-order valence-electron chi connectivity index (χ3n) is 16.6. The summed E-state index contributed by atoms with van der Waals surface area (Å²) >= 11 is 0. The Morgan fingerprint density at radius 3 is 0.863 bits per heavy atom. The number of hydrogen-bond donors (Lipinski definition) is 0. The van der Waals surface area contributed by atoms with E-state index in [1.807, 2.05) is 80.6 Å². The van der Waals surface area contributed by atoms with Gasteiger partial charge in [0.2, 0.25) is 0 Å². The summed E-state index contributed by atoms with van der Waals surface area (Å²) in [6.07, 6.45) is 0. The van der Waals surface area contributed by atoms with Gasteiger partial charge >= 0.3 is 0 Å². The molecule has 0 bridgehead atoms. The molecule has 0 N–H and O–H groups in total. The fourth-order valence-corrected chi connectivity index (χ4v) is 9.87. The second-order valence-corrected chi connectivity index (χ2v) is 28.7. The quantitative estimate of drug-likeness (QED) is 0.121. The highest BCUT2D eigenvalue weighted by molar-refractivity contribution is 5.36. The molecule has 0 fully saturated rings. The minimum atomic E-state index is -0.163. The minimum Gasteiger partial charge on any atom is -0.497 e. The smallest absolute Gasteiger partial charge is 0.126 e. The number of halogens is 3. The van der Waals surface area contributed by atoms with E-state index in [4.69, 9.17) is 9.47 Å². The van der Waals surface area contributed by atoms with Crippen LogP contribution in [0, 0.1) is 45.1 Å². The van der Waals surface area contributed by atoms with Crippen LogP contribution in [-0.4, -0.2) is 14.2 Å². The Labute approximate surface area is 621 Å². The Bertz CT molecular complexity index is 3490. The first kappa shape index (κ1) is 93.6. The Hall–Kier alpha value is -8.41. The molecule has 10 aromatic carbocycles. The van der Waals surface area contributed by atoms with Crippen molar-refractivity contribution in [3.63, 3.8) is 0 Å². The van der Waals surface area contributed by atoms with Crippen molar-refractivity contribution in [3.05, 3.63) is 344 Å². The highest BCUT2D eigenvalue weighted by Gasteiger charge is 2.07. The number of benzene rings is 10. The molecule has 10 aromatic rings. The molecular weight excluding hydrogens is 1250 g/mol. The molecule has 0 radical (unpaired) electrons. The standard InChI is InChI=1S/2C10H14O.4C10H14.3C9H11F.C9H12.CH4/c1-8(2)9-4-6-10(11-3)7-5-9;1-8(2)9-6-4-5-7-10(9)11-3;1-8(2)10-6-4-9(3)5-7-10;2*1-8(2)10-6-4-5-9(3)7-10;1-8(2)10-7-5-4-6-9(10)3;1-7(2)8-3-5-9(10)6-4-8;1-7(2)8-4-3-5-9(10)6-8;1-7(2)8-5-3-4-6-9(8)10;1-8(2)9-6-4-3-5-7-9;/h2*4-8H,1-3H3;4*4-8H,1-3H3;3*3-7H,1-2H3;3-8H,1-2H3;1H4. The van der Waals surface area contributed by atoms with E-state index < -0.39 is 0 Å². The summed E-state index contributed by atoms with van der Waals surface area (Å²) in [5, 5.41) is 0. The predicted molar refractivity (Wildman–Crippen MR) is 444 cm³/mol. The van der Waals surface area contributed by atoms with Gasteiger partial charge in [-0.2, -0.15) is 0 Å². The molecule has 0 atom stereocenters. The van der Waals surface area contributed by atoms with E-state index >= 15 is 0 Å². The number of rotatable bonds is 12. The average molecular weight is 1390 g/mol. The van der Waals surface area contributed by atoms with Crippen LogP contribution in [0.4, 0.5) is 13.2 Å². The largest absolute Gasteiger partial charge is 0.497 e. The number of ether oxygens (including phenoxy) is 2. The van der Waals surface area contributed by atoms with Gasteiger partial charge in [-0.15, -0.1) is 0 Å². The summed E-state index contributed by atoms with van der Waals surface area (Å²) in [4.78, 5) is 0. The first-order valence-corrected chi connectivity index (χ1v) is 36.5. The molecule has 5 heteroatoms. The Morgan fingerprint density at radius 1 is 0.235 bits per heavy atom. The summed E-state index contributed by atoms with van der Waals surface area (Å²) in [6, 6.07) is 81.7. The van der Waals surface area contributed by atoms with Gasteiger partial charge < -0.3 is 9.47 Å². The van der Waals surface area contributed by atoms with Crippen LogP contribution in [0.15, 0.2) is 249 Å². The topological polar surface area (TPSA) is 18.5 Å². The zero-order chi connectivity index (χ0) is 76.1. The van der Waals surface area contributed by atoms with Crippen LogP contribution in [0.25, 0.3) is 0 Å². The van der Waals surface area contributed by atoms with Gasteiger partial charge in [0.1, 0.15) is 29.0 Å². The Balaban J connectivity index is 0.00000111. The van der Waals surface area contributed by atoms with Crippen LogP contribution >= 0.6 is 0 Å². The lowest BCUT2D eigenvalue weighted by Crippen LogP contribution is -1.92. The molecule has 0 saturated carbocycles. The van der Waals surface area contributed by atoms with Crippen LogP contribution in [-0.2, 0) is 0 Å². The van der Waals surface area contributed by atoms with Crippen molar-refractivity contribution in [1.29, 1.82) is 0 Å². The lowest BCUT2D eigenvalue weighted by molar-refractivity contribution is 0.407. The van der Waals surface area contributed by atoms with Crippen molar-refractivity contribution in [3.8, 4) is 11.5 Å². The van der Waals surface area contributed by atoms with E-state index in [0.717, 1.165) is 22.6 Å². The fourth-order valence-electron chi connectivity index (χ4n) is 9.87. The normalized spacial score (nSPS) is 10.2. The molecule has 10 rings (SSSR count). The van der Waals surface area contributed by atoms with Crippen molar-refractivity contribution in [2.24, 2.45) is 0 Å². The monoisotopic (exact) mass is 1390 g/mol. The lowest BCUT2D eigenvalue weighted by Gasteiger charge is -2.10. The van der Waals surface area contributed by atoms with Crippen molar-refractivity contribution >= 4 is 0 Å². The predicted octanol–water partition coefficient (Wildman–Crippen LogP) is 30.4. The third-order valence-corrected chi connectivity index (χ3v) is 16.6. The number of para-hydroxylation sites is 1. The molecule has 0 heterocycles. The van der Waals surface area contributed by atoms with Crippen LogP contribution < -0.4 is 9.47 Å². The molecular formula is C97H133F3O2. The molecule has 0 aliphatic heterocycles. The fraction of sp³-hybridized carbons (Fsp3) is 0.381. The van der Waals surface area contributed by atoms with Gasteiger partial charge in [0, 0.05) is 0 Å². The van der Waals surface area contributed by atoms with E-state index in [1.165, 1.54) is 91.0 Å². The summed E-state index contributed by atoms with van der Waals surface area (Å²) in [5.74, 6) is 7.09. The van der Waals surface area contributed by atoms with E-state index in [-0.39, 0.29) is 30.8 Å². The molecule has 0 spiro atoms. The highest BCUT2D eigenvalue weighted by Crippen LogP contribution is 2.26. The van der Waals surface area contributed by atoms with E-state index in [2.05, 4.69) is 292 Å². The summed E-state index contributed by atoms with van der Waals surface area (Å²) in [6.45, 7) is 51.6. The SMILES string of the molecule is C.CC(C)c1ccc(F)cc1.CC(C)c1cccc(F)c1.CC(C)c1ccccc1.CC(C)c1ccccc1F.COc1ccc(C(C)C)cc1.COc1ccccc1C(C)C.Cc1ccc(C(C)C)cc1.Cc1cccc(C(C)C)c1.Cc1cccc(C(C)C)c1.Cc1ccccc1C(C)C. The van der Waals surface area contributed by atoms with Gasteiger partial charge in [0.25, 0.3) is 0 Å². The van der Waals surface area contributed by atoms with Crippen molar-refractivity contribution < 1.29 is 22.6 Å². The van der Waals surface area contributed by atoms with E-state index in [1.54, 1.807) is 32.4 Å². The molecule has 0 aliphatic carbocycles. The van der Waals surface area contributed by atoms with E-state index in [0.29, 0.717) is 53.3 Å². The second-order valence-electron chi connectivity index (χ2n) is 28.7. The van der Waals surface area contributed by atoms with Crippen molar-refractivity contribution in [2.45, 2.75) is 233 Å². The van der Waals surface area contributed by atoms with Gasteiger partial charge in [-0.3, -0.25) is 0 Å². The molecule has 0 aliphatic rings. The van der Waals surface area contributed by atoms with Gasteiger partial charge in [-0.1, -0.05) is 363 Å². The van der Waals surface area contributed by atoms with Gasteiger partial charge in [0.05, 0.1) is 14.2 Å². The summed E-state index contributed by atoms with van der Waals surface area (Å²) in [7, 11) is 3.39. The maximum absolute atomic E-state index is 12.8. The highest BCUT2D eigenvalue weighted by atomic mass is 19.1. The Morgan fingerprint density at radius 2 is 0.559 bits per heavy atom. The lowest BCUT2D eigenvalue weighted by atomic mass is 9.99. The van der Waals surface area contributed by atoms with Crippen molar-refractivity contribution in [1.82, 2.24) is 0 Å². The first-order chi connectivity index (χ1) is 47.7. The molecule has 554 valence electrons. The minimum absolute atomic E-state index is 0. The summed E-state index contributed by atoms with van der Waals surface area (Å²) in [5.41, 5.74) is 18.3. The molecule has 102 heavy (non-hydrogen) atoms. The number of aryl methyl sites for hydroxylation is 4. The van der Waals surface area contributed by atoms with Crippen molar-refractivity contribution in [2.75, 3.05) is 14.2 Å². The first-order valence-electron chi connectivity index (χ1n) is 36.5. The molecule has 0 unspecified atom stereocenters.